The van der Waals surface area contributed by atoms with Gasteiger partial charge in [0.15, 0.2) is 0 Å². The third-order valence-electron chi connectivity index (χ3n) is 2.54. The summed E-state index contributed by atoms with van der Waals surface area (Å²) in [4.78, 5) is 0. The van der Waals surface area contributed by atoms with Crippen molar-refractivity contribution < 1.29 is 5.11 Å². The predicted octanol–water partition coefficient (Wildman–Crippen LogP) is 0.982. The molecule has 0 saturated heterocycles. The first-order valence-electron chi connectivity index (χ1n) is 5.52. The van der Waals surface area contributed by atoms with Crippen molar-refractivity contribution >= 4 is 17.3 Å². The molecule has 0 amide bonds. The molecule has 0 aliphatic rings. The standard InChI is InChI=1S/C11H14ClN5O/c1-8-2-3-9(17-7-14-15-16-17)4-11(8)13-6-10(18)5-12/h2-4,7,10,13,18H,5-6H2,1H3. The number of benzene rings is 1. The summed E-state index contributed by atoms with van der Waals surface area (Å²) >= 11 is 5.55. The lowest BCUT2D eigenvalue weighted by Gasteiger charge is -2.13. The summed E-state index contributed by atoms with van der Waals surface area (Å²) in [6.45, 7) is 2.39. The van der Waals surface area contributed by atoms with E-state index in [2.05, 4.69) is 20.8 Å². The third-order valence-corrected chi connectivity index (χ3v) is 2.90. The fraction of sp³-hybridized carbons (Fsp3) is 0.364. The first kappa shape index (κ1) is 12.8. The molecule has 1 heterocycles. The third kappa shape index (κ3) is 2.96. The Hall–Kier alpha value is -1.66. The van der Waals surface area contributed by atoms with E-state index >= 15 is 0 Å². The number of aryl methyl sites for hydroxylation is 1. The predicted molar refractivity (Wildman–Crippen MR) is 69.1 cm³/mol. The summed E-state index contributed by atoms with van der Waals surface area (Å²) in [7, 11) is 0. The van der Waals surface area contributed by atoms with Crippen molar-refractivity contribution in [2.24, 2.45) is 0 Å². The molecule has 0 radical (unpaired) electrons. The first-order chi connectivity index (χ1) is 8.70. The highest BCUT2D eigenvalue weighted by atomic mass is 35.5. The van der Waals surface area contributed by atoms with Crippen molar-refractivity contribution in [2.75, 3.05) is 17.7 Å². The molecule has 1 aromatic heterocycles. The van der Waals surface area contributed by atoms with Gasteiger partial charge >= 0.3 is 0 Å². The average Bonchev–Trinajstić information content (AvgIpc) is 2.91. The number of nitrogens with one attached hydrogen (secondary N) is 1. The Kier molecular flexibility index (Phi) is 4.11. The summed E-state index contributed by atoms with van der Waals surface area (Å²) in [5.41, 5.74) is 2.86. The highest BCUT2D eigenvalue weighted by Crippen LogP contribution is 2.18. The molecule has 0 bridgehead atoms. The van der Waals surface area contributed by atoms with Gasteiger partial charge in [-0.1, -0.05) is 6.07 Å². The molecule has 2 aromatic rings. The monoisotopic (exact) mass is 267 g/mol. The summed E-state index contributed by atoms with van der Waals surface area (Å²) in [5.74, 6) is 0.207. The number of rotatable bonds is 5. The van der Waals surface area contributed by atoms with Crippen LogP contribution in [0.1, 0.15) is 5.56 Å². The molecule has 0 saturated carbocycles. The van der Waals surface area contributed by atoms with Crippen LogP contribution in [0.2, 0.25) is 0 Å². The number of hydrogen-bond donors (Lipinski definition) is 2. The Morgan fingerprint density at radius 2 is 2.33 bits per heavy atom. The molecule has 0 spiro atoms. The fourth-order valence-electron chi connectivity index (χ4n) is 1.50. The van der Waals surface area contributed by atoms with Crippen molar-refractivity contribution in [3.63, 3.8) is 0 Å². The number of aromatic nitrogens is 4. The molecule has 96 valence electrons. The zero-order valence-corrected chi connectivity index (χ0v) is 10.7. The van der Waals surface area contributed by atoms with E-state index in [1.54, 1.807) is 4.68 Å². The molecule has 0 fully saturated rings. The van der Waals surface area contributed by atoms with Crippen LogP contribution < -0.4 is 5.32 Å². The minimum absolute atomic E-state index is 0.207. The highest BCUT2D eigenvalue weighted by Gasteiger charge is 2.05. The van der Waals surface area contributed by atoms with Gasteiger partial charge in [-0.2, -0.15) is 0 Å². The average molecular weight is 268 g/mol. The van der Waals surface area contributed by atoms with Gasteiger partial charge in [0, 0.05) is 12.2 Å². The molecule has 0 aliphatic heterocycles. The summed E-state index contributed by atoms with van der Waals surface area (Å²) < 4.78 is 1.57. The van der Waals surface area contributed by atoms with E-state index in [1.165, 1.54) is 6.33 Å². The molecule has 2 N–H and O–H groups in total. The lowest BCUT2D eigenvalue weighted by molar-refractivity contribution is 0.211. The van der Waals surface area contributed by atoms with E-state index in [0.29, 0.717) is 6.54 Å². The van der Waals surface area contributed by atoms with Crippen LogP contribution in [0.25, 0.3) is 5.69 Å². The number of hydrogen-bond acceptors (Lipinski definition) is 5. The van der Waals surface area contributed by atoms with Gasteiger partial charge in [-0.25, -0.2) is 4.68 Å². The van der Waals surface area contributed by atoms with Gasteiger partial charge in [0.05, 0.1) is 17.7 Å². The highest BCUT2D eigenvalue weighted by molar-refractivity contribution is 6.18. The molecule has 1 unspecified atom stereocenters. The van der Waals surface area contributed by atoms with Crippen LogP contribution >= 0.6 is 11.6 Å². The molecule has 1 aromatic carbocycles. The quantitative estimate of drug-likeness (QED) is 0.790. The zero-order chi connectivity index (χ0) is 13.0. The van der Waals surface area contributed by atoms with Gasteiger partial charge in [0.25, 0.3) is 0 Å². The maximum absolute atomic E-state index is 9.43. The second-order valence-corrected chi connectivity index (χ2v) is 4.25. The van der Waals surface area contributed by atoms with Crippen LogP contribution in [0.15, 0.2) is 24.5 Å². The van der Waals surface area contributed by atoms with Crippen LogP contribution in [0.3, 0.4) is 0 Å². The number of anilines is 1. The van der Waals surface area contributed by atoms with Crippen LogP contribution in [-0.2, 0) is 0 Å². The van der Waals surface area contributed by atoms with Gasteiger partial charge in [0.1, 0.15) is 6.33 Å². The number of halogens is 1. The van der Waals surface area contributed by atoms with Crippen molar-refractivity contribution in [3.8, 4) is 5.69 Å². The number of nitrogens with zero attached hydrogens (tertiary/aromatic N) is 4. The largest absolute Gasteiger partial charge is 0.390 e. The van der Waals surface area contributed by atoms with E-state index in [4.69, 9.17) is 11.6 Å². The topological polar surface area (TPSA) is 75.9 Å². The van der Waals surface area contributed by atoms with E-state index < -0.39 is 6.10 Å². The molecule has 7 heteroatoms. The first-order valence-corrected chi connectivity index (χ1v) is 6.06. The van der Waals surface area contributed by atoms with Crippen molar-refractivity contribution in [3.05, 3.63) is 30.1 Å². The van der Waals surface area contributed by atoms with E-state index in [-0.39, 0.29) is 5.88 Å². The zero-order valence-electron chi connectivity index (χ0n) is 9.91. The number of aliphatic hydroxyl groups excluding tert-OH is 1. The minimum Gasteiger partial charge on any atom is -0.390 e. The normalized spacial score (nSPS) is 12.4. The molecule has 6 nitrogen and oxygen atoms in total. The van der Waals surface area contributed by atoms with Crippen LogP contribution in [0.5, 0.6) is 0 Å². The number of aliphatic hydroxyl groups is 1. The van der Waals surface area contributed by atoms with Gasteiger partial charge in [0.2, 0.25) is 0 Å². The Labute approximate surface area is 110 Å². The summed E-state index contributed by atoms with van der Waals surface area (Å²) in [6, 6.07) is 5.81. The lowest BCUT2D eigenvalue weighted by Crippen LogP contribution is -2.21. The summed E-state index contributed by atoms with van der Waals surface area (Å²) in [6.07, 6.45) is 0.963. The molecule has 0 aliphatic carbocycles. The van der Waals surface area contributed by atoms with Crippen LogP contribution in [-0.4, -0.2) is 43.8 Å². The minimum atomic E-state index is -0.567. The second-order valence-electron chi connectivity index (χ2n) is 3.94. The number of tetrazole rings is 1. The molecule has 1 atom stereocenters. The SMILES string of the molecule is Cc1ccc(-n2cnnn2)cc1NCC(O)CCl. The lowest BCUT2D eigenvalue weighted by atomic mass is 10.1. The smallest absolute Gasteiger partial charge is 0.143 e. The Bertz CT molecular complexity index is 502. The van der Waals surface area contributed by atoms with Gasteiger partial charge < -0.3 is 10.4 Å². The maximum atomic E-state index is 9.43. The van der Waals surface area contributed by atoms with Crippen LogP contribution in [0, 0.1) is 6.92 Å². The molecule has 2 rings (SSSR count). The molecular weight excluding hydrogens is 254 g/mol. The molecular formula is C11H14ClN5O. The second kappa shape index (κ2) is 5.79. The van der Waals surface area contributed by atoms with E-state index in [1.807, 2.05) is 25.1 Å². The van der Waals surface area contributed by atoms with Crippen molar-refractivity contribution in [1.82, 2.24) is 20.2 Å². The van der Waals surface area contributed by atoms with Crippen molar-refractivity contribution in [2.45, 2.75) is 13.0 Å². The Morgan fingerprint density at radius 1 is 1.50 bits per heavy atom. The summed E-state index contributed by atoms with van der Waals surface area (Å²) in [5, 5.41) is 23.6. The van der Waals surface area contributed by atoms with Gasteiger partial charge in [-0.3, -0.25) is 0 Å². The van der Waals surface area contributed by atoms with Crippen molar-refractivity contribution in [1.29, 1.82) is 0 Å². The van der Waals surface area contributed by atoms with Gasteiger partial charge in [-0.05, 0) is 35.0 Å². The van der Waals surface area contributed by atoms with E-state index in [9.17, 15) is 5.11 Å². The Balaban J connectivity index is 2.17. The van der Waals surface area contributed by atoms with Crippen LogP contribution in [0.4, 0.5) is 5.69 Å². The maximum Gasteiger partial charge on any atom is 0.143 e. The Morgan fingerprint density at radius 3 is 3.00 bits per heavy atom. The molecule has 18 heavy (non-hydrogen) atoms. The van der Waals surface area contributed by atoms with Gasteiger partial charge in [-0.15, -0.1) is 16.7 Å². The fourth-order valence-corrected chi connectivity index (χ4v) is 1.61. The van der Waals surface area contributed by atoms with E-state index in [0.717, 1.165) is 16.9 Å². The number of alkyl halides is 1.